The van der Waals surface area contributed by atoms with Crippen LogP contribution in [0.15, 0.2) is 18.2 Å². The molecule has 0 spiro atoms. The van der Waals surface area contributed by atoms with Crippen molar-refractivity contribution in [1.29, 1.82) is 0 Å². The van der Waals surface area contributed by atoms with E-state index in [-0.39, 0.29) is 5.91 Å². The Bertz CT molecular complexity index is 595. The second-order valence-electron chi connectivity index (χ2n) is 7.93. The highest BCUT2D eigenvalue weighted by Crippen LogP contribution is 2.26. The Hall–Kier alpha value is -1.55. The summed E-state index contributed by atoms with van der Waals surface area (Å²) in [5.74, 6) is 0.797. The van der Waals surface area contributed by atoms with Crippen LogP contribution in [0.3, 0.4) is 0 Å². The number of nitrogens with one attached hydrogen (secondary N) is 1. The van der Waals surface area contributed by atoms with Crippen molar-refractivity contribution in [2.24, 2.45) is 0 Å². The normalized spacial score (nSPS) is 18.6. The quantitative estimate of drug-likeness (QED) is 0.645. The molecular formula is C23H35NO3. The van der Waals surface area contributed by atoms with E-state index in [2.05, 4.69) is 17.4 Å². The second-order valence-corrected chi connectivity index (χ2v) is 7.93. The molecule has 0 bridgehead atoms. The van der Waals surface area contributed by atoms with E-state index < -0.39 is 6.10 Å². The molecule has 27 heavy (non-hydrogen) atoms. The molecular weight excluding hydrogens is 338 g/mol. The summed E-state index contributed by atoms with van der Waals surface area (Å²) in [7, 11) is 0. The van der Waals surface area contributed by atoms with E-state index in [1.807, 2.05) is 13.0 Å². The number of fused-ring (bicyclic) bond motifs is 1. The Balaban J connectivity index is 1.38. The summed E-state index contributed by atoms with van der Waals surface area (Å²) < 4.78 is 11.9. The molecule has 1 N–H and O–H groups in total. The molecule has 150 valence electrons. The molecule has 0 unspecified atom stereocenters. The van der Waals surface area contributed by atoms with Crippen LogP contribution < -0.4 is 10.1 Å². The third-order valence-corrected chi connectivity index (χ3v) is 5.79. The van der Waals surface area contributed by atoms with E-state index >= 15 is 0 Å². The van der Waals surface area contributed by atoms with Crippen LogP contribution in [0.25, 0.3) is 0 Å². The molecule has 1 fully saturated rings. The van der Waals surface area contributed by atoms with Gasteiger partial charge >= 0.3 is 0 Å². The van der Waals surface area contributed by atoms with Crippen LogP contribution in [0.2, 0.25) is 0 Å². The minimum absolute atomic E-state index is 0.0205. The lowest BCUT2D eigenvalue weighted by molar-refractivity contribution is -0.128. The highest BCUT2D eigenvalue weighted by molar-refractivity contribution is 5.81. The van der Waals surface area contributed by atoms with Crippen LogP contribution in [0.4, 0.5) is 0 Å². The van der Waals surface area contributed by atoms with Crippen LogP contribution >= 0.6 is 0 Å². The van der Waals surface area contributed by atoms with Gasteiger partial charge in [-0.05, 0) is 74.6 Å². The number of benzene rings is 1. The summed E-state index contributed by atoms with van der Waals surface area (Å²) in [6.45, 7) is 3.37. The first-order chi connectivity index (χ1) is 13.3. The van der Waals surface area contributed by atoms with E-state index in [1.165, 1.54) is 56.1 Å². The van der Waals surface area contributed by atoms with Crippen molar-refractivity contribution in [2.45, 2.75) is 89.8 Å². The van der Waals surface area contributed by atoms with Crippen molar-refractivity contribution < 1.29 is 14.3 Å². The van der Waals surface area contributed by atoms with Gasteiger partial charge in [0, 0.05) is 13.2 Å². The van der Waals surface area contributed by atoms with Crippen molar-refractivity contribution in [3.63, 3.8) is 0 Å². The van der Waals surface area contributed by atoms with E-state index in [9.17, 15) is 4.79 Å². The van der Waals surface area contributed by atoms with Crippen LogP contribution in [0.5, 0.6) is 5.75 Å². The molecule has 0 aromatic heterocycles. The predicted octanol–water partition coefficient (Wildman–Crippen LogP) is 4.58. The summed E-state index contributed by atoms with van der Waals surface area (Å²) in [5.41, 5.74) is 2.82. The third-order valence-electron chi connectivity index (χ3n) is 5.79. The molecule has 3 rings (SSSR count). The molecule has 1 aromatic rings. The van der Waals surface area contributed by atoms with Gasteiger partial charge in [-0.25, -0.2) is 0 Å². The largest absolute Gasteiger partial charge is 0.481 e. The van der Waals surface area contributed by atoms with Gasteiger partial charge < -0.3 is 14.8 Å². The van der Waals surface area contributed by atoms with Crippen molar-refractivity contribution in [3.05, 3.63) is 29.3 Å². The number of rotatable bonds is 9. The summed E-state index contributed by atoms with van der Waals surface area (Å²) in [5, 5.41) is 3.01. The molecule has 4 nitrogen and oxygen atoms in total. The van der Waals surface area contributed by atoms with E-state index in [1.54, 1.807) is 0 Å². The number of carbonyl (C=O) groups excluding carboxylic acids is 1. The minimum Gasteiger partial charge on any atom is -0.481 e. The smallest absolute Gasteiger partial charge is 0.261 e. The molecule has 0 radical (unpaired) electrons. The number of hydrogen-bond donors (Lipinski definition) is 1. The van der Waals surface area contributed by atoms with E-state index in [4.69, 9.17) is 9.47 Å². The molecule has 2 aliphatic carbocycles. The molecule has 1 aromatic carbocycles. The number of ether oxygens (including phenoxy) is 2. The average molecular weight is 374 g/mol. The zero-order valence-corrected chi connectivity index (χ0v) is 16.8. The van der Waals surface area contributed by atoms with Crippen LogP contribution in [-0.2, 0) is 22.4 Å². The fraction of sp³-hybridized carbons (Fsp3) is 0.696. The second kappa shape index (κ2) is 10.7. The summed E-state index contributed by atoms with van der Waals surface area (Å²) in [6, 6.07) is 6.30. The fourth-order valence-corrected chi connectivity index (χ4v) is 4.15. The number of amides is 1. The maximum Gasteiger partial charge on any atom is 0.261 e. The maximum atomic E-state index is 12.5. The Morgan fingerprint density at radius 1 is 1.11 bits per heavy atom. The standard InChI is InChI=1S/C23H35NO3/c1-2-22(27-21-14-13-18-9-6-7-10-19(18)17-21)23(25)24-15-8-16-26-20-11-4-3-5-12-20/h13-14,17,20,22H,2-12,15-16H2,1H3,(H,24,25)/t22-/m0/s1. The third kappa shape index (κ3) is 6.24. The zero-order chi connectivity index (χ0) is 18.9. The minimum atomic E-state index is -0.425. The molecule has 0 saturated heterocycles. The maximum absolute atomic E-state index is 12.5. The Kier molecular flexibility index (Phi) is 8.00. The Morgan fingerprint density at radius 2 is 1.89 bits per heavy atom. The van der Waals surface area contributed by atoms with Gasteiger partial charge in [0.25, 0.3) is 5.91 Å². The zero-order valence-electron chi connectivity index (χ0n) is 16.8. The molecule has 1 saturated carbocycles. The number of carbonyl (C=O) groups is 1. The molecule has 2 aliphatic rings. The lowest BCUT2D eigenvalue weighted by Gasteiger charge is -2.22. The number of aryl methyl sites for hydroxylation is 2. The summed E-state index contributed by atoms with van der Waals surface area (Å²) in [4.78, 5) is 12.5. The van der Waals surface area contributed by atoms with Crippen LogP contribution in [-0.4, -0.2) is 31.3 Å². The average Bonchev–Trinajstić information content (AvgIpc) is 2.72. The van der Waals surface area contributed by atoms with Gasteiger partial charge in [0.05, 0.1) is 6.10 Å². The fourth-order valence-electron chi connectivity index (χ4n) is 4.15. The first-order valence-electron chi connectivity index (χ1n) is 10.9. The van der Waals surface area contributed by atoms with Crippen LogP contribution in [0.1, 0.15) is 75.8 Å². The van der Waals surface area contributed by atoms with E-state index in [0.29, 0.717) is 19.1 Å². The first-order valence-corrected chi connectivity index (χ1v) is 10.9. The summed E-state index contributed by atoms with van der Waals surface area (Å²) >= 11 is 0. The van der Waals surface area contributed by atoms with Gasteiger partial charge in [0.1, 0.15) is 5.75 Å². The van der Waals surface area contributed by atoms with Gasteiger partial charge in [-0.1, -0.05) is 32.3 Å². The Labute approximate surface area is 164 Å². The molecule has 4 heteroatoms. The SMILES string of the molecule is CC[C@H](Oc1ccc2c(c1)CCCC2)C(=O)NCCCOC1CCCCC1. The highest BCUT2D eigenvalue weighted by Gasteiger charge is 2.19. The highest BCUT2D eigenvalue weighted by atomic mass is 16.5. The van der Waals surface area contributed by atoms with Crippen molar-refractivity contribution in [1.82, 2.24) is 5.32 Å². The van der Waals surface area contributed by atoms with Crippen LogP contribution in [0, 0.1) is 0 Å². The van der Waals surface area contributed by atoms with E-state index in [0.717, 1.165) is 31.6 Å². The van der Waals surface area contributed by atoms with Gasteiger partial charge in [-0.15, -0.1) is 0 Å². The predicted molar refractivity (Wildman–Crippen MR) is 108 cm³/mol. The lowest BCUT2D eigenvalue weighted by Crippen LogP contribution is -2.38. The van der Waals surface area contributed by atoms with Crippen molar-refractivity contribution in [3.8, 4) is 5.75 Å². The van der Waals surface area contributed by atoms with Gasteiger partial charge in [-0.3, -0.25) is 4.79 Å². The Morgan fingerprint density at radius 3 is 2.67 bits per heavy atom. The monoisotopic (exact) mass is 373 g/mol. The van der Waals surface area contributed by atoms with Gasteiger partial charge in [0.2, 0.25) is 0 Å². The van der Waals surface area contributed by atoms with Gasteiger partial charge in [-0.2, -0.15) is 0 Å². The lowest BCUT2D eigenvalue weighted by atomic mass is 9.92. The van der Waals surface area contributed by atoms with Crippen molar-refractivity contribution >= 4 is 5.91 Å². The molecule has 0 heterocycles. The summed E-state index contributed by atoms with van der Waals surface area (Å²) in [6.07, 6.45) is 12.7. The topological polar surface area (TPSA) is 47.6 Å². The van der Waals surface area contributed by atoms with Crippen molar-refractivity contribution in [2.75, 3.05) is 13.2 Å². The van der Waals surface area contributed by atoms with Gasteiger partial charge in [0.15, 0.2) is 6.10 Å². The molecule has 1 atom stereocenters. The molecule has 1 amide bonds. The molecule has 0 aliphatic heterocycles. The number of hydrogen-bond acceptors (Lipinski definition) is 3. The first kappa shape index (κ1) is 20.2.